The highest BCUT2D eigenvalue weighted by atomic mass is 16.5. The first-order chi connectivity index (χ1) is 15.5. The molecule has 32 heavy (non-hydrogen) atoms. The molecule has 2 aliphatic rings. The highest BCUT2D eigenvalue weighted by Gasteiger charge is 2.36. The minimum atomic E-state index is -0.996. The summed E-state index contributed by atoms with van der Waals surface area (Å²) in [6.07, 6.45) is 8.99. The van der Waals surface area contributed by atoms with Crippen LogP contribution in [0.15, 0.2) is 42.9 Å². The molecule has 8 nitrogen and oxygen atoms in total. The number of hydrogen-bond acceptors (Lipinski definition) is 7. The van der Waals surface area contributed by atoms with Gasteiger partial charge in [0.15, 0.2) is 0 Å². The molecule has 0 aliphatic carbocycles. The number of likely N-dealkylation sites (N-methyl/N-ethyl adjacent to an activating group) is 1. The van der Waals surface area contributed by atoms with Crippen molar-refractivity contribution in [1.29, 1.82) is 0 Å². The Bertz CT molecular complexity index is 890. The van der Waals surface area contributed by atoms with Gasteiger partial charge in [-0.1, -0.05) is 6.07 Å². The predicted octanol–water partition coefficient (Wildman–Crippen LogP) is 2.05. The van der Waals surface area contributed by atoms with Crippen molar-refractivity contribution in [2.24, 2.45) is 0 Å². The van der Waals surface area contributed by atoms with E-state index < -0.39 is 5.60 Å². The Kier molecular flexibility index (Phi) is 7.22. The second-order valence-electron chi connectivity index (χ2n) is 8.90. The van der Waals surface area contributed by atoms with Gasteiger partial charge >= 0.3 is 0 Å². The van der Waals surface area contributed by atoms with Gasteiger partial charge in [0.2, 0.25) is 0 Å². The molecule has 4 rings (SSSR count). The molecule has 2 aromatic rings. The molecular formula is C24H33N5O3. The predicted molar refractivity (Wildman–Crippen MR) is 123 cm³/mol. The first-order valence-corrected chi connectivity index (χ1v) is 11.5. The summed E-state index contributed by atoms with van der Waals surface area (Å²) in [5.41, 5.74) is -0.430. The van der Waals surface area contributed by atoms with Crippen LogP contribution in [-0.4, -0.2) is 89.3 Å². The van der Waals surface area contributed by atoms with E-state index in [0.717, 1.165) is 38.4 Å². The summed E-state index contributed by atoms with van der Waals surface area (Å²) >= 11 is 0. The lowest BCUT2D eigenvalue weighted by atomic mass is 9.92. The molecule has 1 amide bonds. The highest BCUT2D eigenvalue weighted by Crippen LogP contribution is 2.26. The number of hydrogen-bond donors (Lipinski definition) is 1. The van der Waals surface area contributed by atoms with E-state index in [2.05, 4.69) is 14.9 Å². The van der Waals surface area contributed by atoms with Gasteiger partial charge in [0.1, 0.15) is 18.2 Å². The van der Waals surface area contributed by atoms with Crippen LogP contribution >= 0.6 is 0 Å². The fourth-order valence-corrected chi connectivity index (χ4v) is 4.64. The lowest BCUT2D eigenvalue weighted by Gasteiger charge is -2.41. The van der Waals surface area contributed by atoms with Gasteiger partial charge in [-0.25, -0.2) is 4.98 Å². The number of amides is 1. The monoisotopic (exact) mass is 439 g/mol. The molecule has 2 fully saturated rings. The zero-order valence-electron chi connectivity index (χ0n) is 18.8. The average molecular weight is 440 g/mol. The van der Waals surface area contributed by atoms with Crippen LogP contribution in [0.3, 0.4) is 0 Å². The maximum atomic E-state index is 13.1. The van der Waals surface area contributed by atoms with E-state index in [1.54, 1.807) is 42.7 Å². The van der Waals surface area contributed by atoms with Crippen molar-refractivity contribution in [1.82, 2.24) is 19.8 Å². The molecule has 1 N–H and O–H groups in total. The summed E-state index contributed by atoms with van der Waals surface area (Å²) in [6, 6.07) is 7.31. The van der Waals surface area contributed by atoms with E-state index in [9.17, 15) is 9.90 Å². The summed E-state index contributed by atoms with van der Waals surface area (Å²) in [4.78, 5) is 27.6. The standard InChI is InChI=1S/C24H33N5O3/c1-27(18-24(31)8-5-13-29(19-24)22-17-25-9-10-26-22)23(30)20-6-4-7-21(16-20)32-15-14-28-11-2-3-12-28/h4,6-7,9-10,16-17,31H,2-3,5,8,11-15,18-19H2,1H3/t24-/m1/s1. The SMILES string of the molecule is CN(C[C@]1(O)CCCN(c2cnccn2)C1)C(=O)c1cccc(OCCN2CCCC2)c1. The molecule has 0 spiro atoms. The van der Waals surface area contributed by atoms with Crippen LogP contribution in [0.2, 0.25) is 0 Å². The summed E-state index contributed by atoms with van der Waals surface area (Å²) in [5.74, 6) is 1.33. The van der Waals surface area contributed by atoms with Crippen LogP contribution < -0.4 is 9.64 Å². The van der Waals surface area contributed by atoms with Crippen LogP contribution in [0.1, 0.15) is 36.0 Å². The lowest BCUT2D eigenvalue weighted by molar-refractivity contribution is -0.000150. The minimum absolute atomic E-state index is 0.125. The van der Waals surface area contributed by atoms with Crippen molar-refractivity contribution < 1.29 is 14.6 Å². The maximum absolute atomic E-state index is 13.1. The molecule has 8 heteroatoms. The van der Waals surface area contributed by atoms with E-state index in [1.807, 2.05) is 17.0 Å². The number of anilines is 1. The van der Waals surface area contributed by atoms with E-state index in [1.165, 1.54) is 12.8 Å². The molecular weight excluding hydrogens is 406 g/mol. The fraction of sp³-hybridized carbons (Fsp3) is 0.542. The lowest BCUT2D eigenvalue weighted by Crippen LogP contribution is -2.54. The van der Waals surface area contributed by atoms with Crippen LogP contribution in [-0.2, 0) is 0 Å². The van der Waals surface area contributed by atoms with Gasteiger partial charge in [-0.15, -0.1) is 0 Å². The Balaban J connectivity index is 1.33. The van der Waals surface area contributed by atoms with Gasteiger partial charge in [0.25, 0.3) is 5.91 Å². The molecule has 172 valence electrons. The van der Waals surface area contributed by atoms with Gasteiger partial charge in [-0.2, -0.15) is 0 Å². The third-order valence-electron chi connectivity index (χ3n) is 6.26. The number of rotatable bonds is 8. The maximum Gasteiger partial charge on any atom is 0.253 e. The number of ether oxygens (including phenoxy) is 1. The number of β-amino-alcohol motifs (C(OH)–C–C–N with tert-alkyl or cyclic N) is 1. The minimum Gasteiger partial charge on any atom is -0.492 e. The van der Waals surface area contributed by atoms with E-state index in [-0.39, 0.29) is 12.5 Å². The molecule has 0 unspecified atom stereocenters. The average Bonchev–Trinajstić information content (AvgIpc) is 3.33. The molecule has 3 heterocycles. The third kappa shape index (κ3) is 5.75. The molecule has 0 saturated carbocycles. The number of benzene rings is 1. The van der Waals surface area contributed by atoms with Crippen LogP contribution in [0.5, 0.6) is 5.75 Å². The van der Waals surface area contributed by atoms with E-state index >= 15 is 0 Å². The Morgan fingerprint density at radius 2 is 2.06 bits per heavy atom. The van der Waals surface area contributed by atoms with E-state index in [4.69, 9.17) is 4.74 Å². The molecule has 1 atom stereocenters. The van der Waals surface area contributed by atoms with Gasteiger partial charge in [0.05, 0.1) is 18.3 Å². The van der Waals surface area contributed by atoms with Crippen LogP contribution in [0, 0.1) is 0 Å². The summed E-state index contributed by atoms with van der Waals surface area (Å²) in [7, 11) is 1.74. The normalized spacial score (nSPS) is 21.5. The number of nitrogens with zero attached hydrogens (tertiary/aromatic N) is 5. The number of carbonyl (C=O) groups excluding carboxylic acids is 1. The number of carbonyl (C=O) groups is 1. The quantitative estimate of drug-likeness (QED) is 0.674. The molecule has 0 bridgehead atoms. The van der Waals surface area contributed by atoms with Crippen molar-refractivity contribution in [3.8, 4) is 5.75 Å². The van der Waals surface area contributed by atoms with Crippen LogP contribution in [0.25, 0.3) is 0 Å². The molecule has 2 saturated heterocycles. The molecule has 2 aliphatic heterocycles. The fourth-order valence-electron chi connectivity index (χ4n) is 4.64. The van der Waals surface area contributed by atoms with Gasteiger partial charge in [-0.3, -0.25) is 14.7 Å². The molecule has 1 aromatic heterocycles. The summed E-state index contributed by atoms with van der Waals surface area (Å²) < 4.78 is 5.89. The highest BCUT2D eigenvalue weighted by molar-refractivity contribution is 5.94. The number of aliphatic hydroxyl groups is 1. The van der Waals surface area contributed by atoms with E-state index in [0.29, 0.717) is 30.9 Å². The Labute approximate surface area is 189 Å². The van der Waals surface area contributed by atoms with Crippen molar-refractivity contribution in [3.63, 3.8) is 0 Å². The first-order valence-electron chi connectivity index (χ1n) is 11.5. The summed E-state index contributed by atoms with van der Waals surface area (Å²) in [6.45, 7) is 5.30. The third-order valence-corrected chi connectivity index (χ3v) is 6.26. The Morgan fingerprint density at radius 3 is 2.84 bits per heavy atom. The Hall–Kier alpha value is -2.71. The molecule has 1 aromatic carbocycles. The van der Waals surface area contributed by atoms with Gasteiger partial charge < -0.3 is 19.6 Å². The second kappa shape index (κ2) is 10.3. The smallest absolute Gasteiger partial charge is 0.253 e. The zero-order chi connectivity index (χ0) is 22.4. The number of aromatic nitrogens is 2. The van der Waals surface area contributed by atoms with Gasteiger partial charge in [0, 0.05) is 44.6 Å². The number of piperidine rings is 1. The second-order valence-corrected chi connectivity index (χ2v) is 8.90. The van der Waals surface area contributed by atoms with Crippen molar-refractivity contribution in [2.75, 3.05) is 57.8 Å². The Morgan fingerprint density at radius 1 is 1.22 bits per heavy atom. The van der Waals surface area contributed by atoms with Crippen molar-refractivity contribution >= 4 is 11.7 Å². The number of likely N-dealkylation sites (tertiary alicyclic amines) is 1. The zero-order valence-corrected chi connectivity index (χ0v) is 18.8. The summed E-state index contributed by atoms with van der Waals surface area (Å²) in [5, 5.41) is 11.2. The topological polar surface area (TPSA) is 82.0 Å². The van der Waals surface area contributed by atoms with Gasteiger partial charge in [-0.05, 0) is 57.0 Å². The van der Waals surface area contributed by atoms with Crippen molar-refractivity contribution in [2.45, 2.75) is 31.3 Å². The van der Waals surface area contributed by atoms with Crippen molar-refractivity contribution in [3.05, 3.63) is 48.4 Å². The largest absolute Gasteiger partial charge is 0.492 e. The first kappa shape index (κ1) is 22.5. The molecule has 0 radical (unpaired) electrons. The van der Waals surface area contributed by atoms with Crippen LogP contribution in [0.4, 0.5) is 5.82 Å².